The molecule has 0 radical (unpaired) electrons. The van der Waals surface area contributed by atoms with Crippen molar-refractivity contribution in [2.45, 2.75) is 6.92 Å². The largest absolute Gasteiger partial charge is 0.295 e. The quantitative estimate of drug-likeness (QED) is 0.618. The van der Waals surface area contributed by atoms with Crippen LogP contribution in [0, 0.1) is 0 Å². The van der Waals surface area contributed by atoms with Gasteiger partial charge >= 0.3 is 0 Å². The molecule has 0 unspecified atom stereocenters. The van der Waals surface area contributed by atoms with E-state index in [-0.39, 0.29) is 5.78 Å². The predicted octanol–water partition coefficient (Wildman–Crippen LogP) is 1.57. The van der Waals surface area contributed by atoms with Crippen LogP contribution in [0.3, 0.4) is 0 Å². The van der Waals surface area contributed by atoms with Gasteiger partial charge in [0.2, 0.25) is 0 Å². The number of hydrogen-bond donors (Lipinski definition) is 2. The number of ketones is 1. The van der Waals surface area contributed by atoms with Crippen LogP contribution in [0.2, 0.25) is 0 Å². The molecule has 1 aromatic carbocycles. The Morgan fingerprint density at radius 3 is 2.83 bits per heavy atom. The topological polar surface area (TPSA) is 50.4 Å². The summed E-state index contributed by atoms with van der Waals surface area (Å²) in [6.45, 7) is 1.53. The molecule has 0 saturated heterocycles. The molecule has 0 fully saturated rings. The molecule has 0 atom stereocenters. The van der Waals surface area contributed by atoms with Crippen molar-refractivity contribution in [3.05, 3.63) is 23.8 Å². The Balaban J connectivity index is 2.45. The second-order valence-electron chi connectivity index (χ2n) is 2.62. The summed E-state index contributed by atoms with van der Waals surface area (Å²) in [7, 11) is 0. The molecule has 0 saturated carbocycles. The minimum atomic E-state index is 0.0477. The maximum Gasteiger partial charge on any atom is 0.159 e. The number of rotatable bonds is 1. The van der Waals surface area contributed by atoms with E-state index in [0.29, 0.717) is 5.56 Å². The molecule has 1 aliphatic rings. The first-order valence-corrected chi connectivity index (χ1v) is 3.60. The SMILES string of the molecule is CC(=O)c1ccc2c(c1)NON2. The van der Waals surface area contributed by atoms with Gasteiger partial charge in [-0.25, -0.2) is 11.0 Å². The Kier molecular flexibility index (Phi) is 1.48. The molecular weight excluding hydrogens is 156 g/mol. The van der Waals surface area contributed by atoms with E-state index >= 15 is 0 Å². The van der Waals surface area contributed by atoms with E-state index in [1.165, 1.54) is 6.92 Å². The number of carbonyl (C=O) groups is 1. The molecule has 12 heavy (non-hydrogen) atoms. The molecular formula is C8H8N2O2. The van der Waals surface area contributed by atoms with Crippen LogP contribution in [0.4, 0.5) is 11.4 Å². The van der Waals surface area contributed by atoms with Gasteiger partial charge in [-0.2, -0.15) is 4.94 Å². The number of anilines is 2. The Hall–Kier alpha value is -1.55. The lowest BCUT2D eigenvalue weighted by Crippen LogP contribution is -1.94. The maximum absolute atomic E-state index is 11.0. The maximum atomic E-state index is 11.0. The van der Waals surface area contributed by atoms with Crippen LogP contribution >= 0.6 is 0 Å². The first-order valence-electron chi connectivity index (χ1n) is 3.60. The normalized spacial score (nSPS) is 13.1. The van der Waals surface area contributed by atoms with Gasteiger partial charge in [0, 0.05) is 5.56 Å². The summed E-state index contributed by atoms with van der Waals surface area (Å²) in [5.74, 6) is 0.0477. The summed E-state index contributed by atoms with van der Waals surface area (Å²) < 4.78 is 0. The first kappa shape index (κ1) is 7.12. The van der Waals surface area contributed by atoms with Gasteiger partial charge in [-0.1, -0.05) is 0 Å². The molecule has 4 nitrogen and oxygen atoms in total. The number of Topliss-reactive ketones (excluding diaryl/α,β-unsaturated/α-hetero) is 1. The van der Waals surface area contributed by atoms with Gasteiger partial charge in [0.15, 0.2) is 5.78 Å². The molecule has 62 valence electrons. The van der Waals surface area contributed by atoms with Gasteiger partial charge in [-0.05, 0) is 25.1 Å². The zero-order chi connectivity index (χ0) is 8.55. The second kappa shape index (κ2) is 2.49. The highest BCUT2D eigenvalue weighted by Crippen LogP contribution is 2.27. The average molecular weight is 164 g/mol. The van der Waals surface area contributed by atoms with Crippen molar-refractivity contribution in [2.24, 2.45) is 0 Å². The van der Waals surface area contributed by atoms with E-state index in [0.717, 1.165) is 11.4 Å². The van der Waals surface area contributed by atoms with Crippen LogP contribution in [0.5, 0.6) is 0 Å². The zero-order valence-electron chi connectivity index (χ0n) is 6.55. The number of hydrogen-bond acceptors (Lipinski definition) is 4. The monoisotopic (exact) mass is 164 g/mol. The third-order valence-corrected chi connectivity index (χ3v) is 1.75. The summed E-state index contributed by atoms with van der Waals surface area (Å²) in [6, 6.07) is 5.30. The van der Waals surface area contributed by atoms with E-state index < -0.39 is 0 Å². The van der Waals surface area contributed by atoms with Crippen molar-refractivity contribution in [3.63, 3.8) is 0 Å². The molecule has 0 aliphatic carbocycles. The van der Waals surface area contributed by atoms with Gasteiger partial charge in [-0.3, -0.25) is 4.79 Å². The zero-order valence-corrected chi connectivity index (χ0v) is 6.55. The van der Waals surface area contributed by atoms with Crippen molar-refractivity contribution in [2.75, 3.05) is 11.0 Å². The minimum absolute atomic E-state index is 0.0477. The number of benzene rings is 1. The summed E-state index contributed by atoms with van der Waals surface area (Å²) in [4.78, 5) is 15.7. The van der Waals surface area contributed by atoms with E-state index in [1.807, 2.05) is 0 Å². The lowest BCUT2D eigenvalue weighted by molar-refractivity contribution is 0.101. The molecule has 1 aliphatic heterocycles. The van der Waals surface area contributed by atoms with Crippen LogP contribution in [-0.4, -0.2) is 5.78 Å². The van der Waals surface area contributed by atoms with Crippen molar-refractivity contribution >= 4 is 17.2 Å². The van der Waals surface area contributed by atoms with E-state index in [4.69, 9.17) is 4.94 Å². The van der Waals surface area contributed by atoms with Crippen LogP contribution in [-0.2, 0) is 4.94 Å². The molecule has 1 heterocycles. The Labute approximate surface area is 69.4 Å². The van der Waals surface area contributed by atoms with Gasteiger partial charge in [0.1, 0.15) is 0 Å². The predicted molar refractivity (Wildman–Crippen MR) is 44.8 cm³/mol. The van der Waals surface area contributed by atoms with Gasteiger partial charge in [0.05, 0.1) is 11.4 Å². The van der Waals surface area contributed by atoms with E-state index in [1.54, 1.807) is 18.2 Å². The van der Waals surface area contributed by atoms with Crippen LogP contribution in [0.25, 0.3) is 0 Å². The molecule has 0 bridgehead atoms. The number of fused-ring (bicyclic) bond motifs is 1. The fourth-order valence-electron chi connectivity index (χ4n) is 1.07. The number of nitrogens with one attached hydrogen (secondary N) is 2. The molecule has 0 amide bonds. The molecule has 4 heteroatoms. The lowest BCUT2D eigenvalue weighted by Gasteiger charge is -1.97. The van der Waals surface area contributed by atoms with Crippen molar-refractivity contribution in [3.8, 4) is 0 Å². The highest BCUT2D eigenvalue weighted by atomic mass is 16.8. The minimum Gasteiger partial charge on any atom is -0.295 e. The van der Waals surface area contributed by atoms with Gasteiger partial charge in [-0.15, -0.1) is 0 Å². The van der Waals surface area contributed by atoms with E-state index in [9.17, 15) is 4.79 Å². The highest BCUT2D eigenvalue weighted by molar-refractivity contribution is 5.96. The molecule has 2 rings (SSSR count). The number of carbonyl (C=O) groups excluding carboxylic acids is 1. The average Bonchev–Trinajstić information content (AvgIpc) is 2.49. The van der Waals surface area contributed by atoms with Crippen molar-refractivity contribution in [1.82, 2.24) is 0 Å². The Morgan fingerprint density at radius 1 is 1.33 bits per heavy atom. The van der Waals surface area contributed by atoms with Crippen LogP contribution in [0.1, 0.15) is 17.3 Å². The smallest absolute Gasteiger partial charge is 0.159 e. The summed E-state index contributed by atoms with van der Waals surface area (Å²) in [5, 5.41) is 0. The van der Waals surface area contributed by atoms with Gasteiger partial charge < -0.3 is 0 Å². The van der Waals surface area contributed by atoms with Crippen molar-refractivity contribution in [1.29, 1.82) is 0 Å². The Bertz CT molecular complexity index is 336. The molecule has 0 spiro atoms. The third-order valence-electron chi connectivity index (χ3n) is 1.75. The second-order valence-corrected chi connectivity index (χ2v) is 2.62. The fraction of sp³-hybridized carbons (Fsp3) is 0.125. The summed E-state index contributed by atoms with van der Waals surface area (Å²) >= 11 is 0. The fourth-order valence-corrected chi connectivity index (χ4v) is 1.07. The summed E-state index contributed by atoms with van der Waals surface area (Å²) in [5.41, 5.74) is 7.59. The highest BCUT2D eigenvalue weighted by Gasteiger charge is 2.11. The standard InChI is InChI=1S/C8H8N2O2/c1-5(11)6-2-3-7-8(4-6)10-12-9-7/h2-4,9-10H,1H3. The molecule has 1 aromatic rings. The van der Waals surface area contributed by atoms with Crippen molar-refractivity contribution < 1.29 is 9.73 Å². The molecule has 0 aromatic heterocycles. The van der Waals surface area contributed by atoms with Crippen LogP contribution in [0.15, 0.2) is 18.2 Å². The van der Waals surface area contributed by atoms with Crippen LogP contribution < -0.4 is 11.0 Å². The first-order chi connectivity index (χ1) is 5.77. The van der Waals surface area contributed by atoms with Gasteiger partial charge in [0.25, 0.3) is 0 Å². The summed E-state index contributed by atoms with van der Waals surface area (Å²) in [6.07, 6.45) is 0. The lowest BCUT2D eigenvalue weighted by atomic mass is 10.1. The Morgan fingerprint density at radius 2 is 2.08 bits per heavy atom. The third kappa shape index (κ3) is 1.02. The molecule has 2 N–H and O–H groups in total. The van der Waals surface area contributed by atoms with E-state index in [2.05, 4.69) is 11.0 Å².